The quantitative estimate of drug-likeness (QED) is 0.543. The van der Waals surface area contributed by atoms with Crippen LogP contribution in [0.2, 0.25) is 0 Å². The first kappa shape index (κ1) is 6.99. The van der Waals surface area contributed by atoms with Gasteiger partial charge >= 0.3 is 0 Å². The lowest BCUT2D eigenvalue weighted by molar-refractivity contribution is -0.120. The number of rotatable bonds is 1. The highest BCUT2D eigenvalue weighted by atomic mass is 16.3. The van der Waals surface area contributed by atoms with Crippen LogP contribution in [0.4, 0.5) is 0 Å². The molecule has 3 nitrogen and oxygen atoms in total. The van der Waals surface area contributed by atoms with Crippen molar-refractivity contribution in [3.8, 4) is 0 Å². The fourth-order valence-corrected chi connectivity index (χ4v) is 0.999. The van der Waals surface area contributed by atoms with Crippen molar-refractivity contribution in [2.24, 2.45) is 5.92 Å². The van der Waals surface area contributed by atoms with E-state index in [1.54, 1.807) is 0 Å². The predicted molar refractivity (Wildman–Crippen MR) is 34.5 cm³/mol. The molecule has 0 aromatic carbocycles. The van der Waals surface area contributed by atoms with Gasteiger partial charge in [-0.05, 0) is 0 Å². The Balaban J connectivity index is 2.69. The minimum Gasteiger partial charge on any atom is -0.512 e. The van der Waals surface area contributed by atoms with Gasteiger partial charge in [0.1, 0.15) is 6.29 Å². The van der Waals surface area contributed by atoms with Gasteiger partial charge in [-0.15, -0.1) is 0 Å². The Labute approximate surface area is 58.4 Å². The van der Waals surface area contributed by atoms with E-state index in [-0.39, 0.29) is 23.9 Å². The molecule has 0 spiro atoms. The zero-order valence-electron chi connectivity index (χ0n) is 5.41. The van der Waals surface area contributed by atoms with E-state index in [1.807, 2.05) is 0 Å². The van der Waals surface area contributed by atoms with Crippen molar-refractivity contribution in [1.82, 2.24) is 0 Å². The molecule has 1 atom stereocenters. The molecule has 0 heterocycles. The molecule has 0 aliphatic heterocycles. The third-order valence-corrected chi connectivity index (χ3v) is 1.45. The standard InChI is InChI=1S/C7H8O3/c8-4-5-1-6(9)3-7(10)2-5/h3-5,9H,1-2H2. The molecule has 0 aromatic heterocycles. The van der Waals surface area contributed by atoms with Gasteiger partial charge in [0, 0.05) is 24.8 Å². The number of allylic oxidation sites excluding steroid dienone is 2. The maximum Gasteiger partial charge on any atom is 0.159 e. The van der Waals surface area contributed by atoms with Gasteiger partial charge in [-0.2, -0.15) is 0 Å². The Hall–Kier alpha value is -1.12. The number of aliphatic hydroxyl groups is 1. The van der Waals surface area contributed by atoms with Gasteiger partial charge in [0.2, 0.25) is 0 Å². The molecular weight excluding hydrogens is 132 g/mol. The molecule has 3 heteroatoms. The second-order valence-electron chi connectivity index (χ2n) is 2.41. The van der Waals surface area contributed by atoms with Crippen molar-refractivity contribution in [1.29, 1.82) is 0 Å². The van der Waals surface area contributed by atoms with Gasteiger partial charge in [0.25, 0.3) is 0 Å². The molecule has 1 unspecified atom stereocenters. The van der Waals surface area contributed by atoms with E-state index in [0.717, 1.165) is 0 Å². The summed E-state index contributed by atoms with van der Waals surface area (Å²) in [6, 6.07) is 0. The first-order valence-electron chi connectivity index (χ1n) is 3.10. The SMILES string of the molecule is O=CC1CC(=O)C=C(O)C1. The van der Waals surface area contributed by atoms with E-state index >= 15 is 0 Å². The third-order valence-electron chi connectivity index (χ3n) is 1.45. The highest BCUT2D eigenvalue weighted by Gasteiger charge is 2.18. The number of ketones is 1. The zero-order chi connectivity index (χ0) is 7.56. The van der Waals surface area contributed by atoms with Crippen LogP contribution in [0.1, 0.15) is 12.8 Å². The van der Waals surface area contributed by atoms with Crippen LogP contribution in [0.3, 0.4) is 0 Å². The lowest BCUT2D eigenvalue weighted by Crippen LogP contribution is -2.14. The molecule has 54 valence electrons. The fourth-order valence-electron chi connectivity index (χ4n) is 0.999. The average molecular weight is 140 g/mol. The van der Waals surface area contributed by atoms with Crippen molar-refractivity contribution in [2.75, 3.05) is 0 Å². The van der Waals surface area contributed by atoms with E-state index < -0.39 is 0 Å². The van der Waals surface area contributed by atoms with Gasteiger partial charge in [-0.3, -0.25) is 4.79 Å². The van der Waals surface area contributed by atoms with Crippen LogP contribution in [-0.4, -0.2) is 17.2 Å². The van der Waals surface area contributed by atoms with Crippen molar-refractivity contribution in [3.63, 3.8) is 0 Å². The van der Waals surface area contributed by atoms with Gasteiger partial charge in [0.15, 0.2) is 5.78 Å². The van der Waals surface area contributed by atoms with Crippen LogP contribution in [-0.2, 0) is 9.59 Å². The monoisotopic (exact) mass is 140 g/mol. The lowest BCUT2D eigenvalue weighted by atomic mass is 9.94. The lowest BCUT2D eigenvalue weighted by Gasteiger charge is -2.11. The number of carbonyl (C=O) groups excluding carboxylic acids is 2. The first-order valence-corrected chi connectivity index (χ1v) is 3.10. The number of carbonyl (C=O) groups is 2. The average Bonchev–Trinajstić information content (AvgIpc) is 1.85. The van der Waals surface area contributed by atoms with Gasteiger partial charge in [-0.1, -0.05) is 0 Å². The molecule has 1 rings (SSSR count). The van der Waals surface area contributed by atoms with Crippen molar-refractivity contribution < 1.29 is 14.7 Å². The van der Waals surface area contributed by atoms with Crippen molar-refractivity contribution in [3.05, 3.63) is 11.8 Å². The van der Waals surface area contributed by atoms with Crippen LogP contribution in [0.15, 0.2) is 11.8 Å². The second kappa shape index (κ2) is 2.64. The summed E-state index contributed by atoms with van der Waals surface area (Å²) in [6.07, 6.45) is 2.45. The molecule has 0 bridgehead atoms. The highest BCUT2D eigenvalue weighted by molar-refractivity contribution is 5.92. The van der Waals surface area contributed by atoms with Crippen LogP contribution < -0.4 is 0 Å². The summed E-state index contributed by atoms with van der Waals surface area (Å²) in [5, 5.41) is 8.86. The largest absolute Gasteiger partial charge is 0.512 e. The first-order chi connectivity index (χ1) is 4.72. The van der Waals surface area contributed by atoms with E-state index in [1.165, 1.54) is 6.08 Å². The number of hydrogen-bond acceptors (Lipinski definition) is 3. The van der Waals surface area contributed by atoms with E-state index in [9.17, 15) is 9.59 Å². The summed E-state index contributed by atoms with van der Waals surface area (Å²) in [4.78, 5) is 20.8. The summed E-state index contributed by atoms with van der Waals surface area (Å²) in [6.45, 7) is 0. The molecule has 0 radical (unpaired) electrons. The third kappa shape index (κ3) is 1.43. The van der Waals surface area contributed by atoms with E-state index in [0.29, 0.717) is 12.7 Å². The molecule has 0 fully saturated rings. The highest BCUT2D eigenvalue weighted by Crippen LogP contribution is 2.17. The summed E-state index contributed by atoms with van der Waals surface area (Å²) in [5.41, 5.74) is 0. The Morgan fingerprint density at radius 1 is 1.60 bits per heavy atom. The van der Waals surface area contributed by atoms with Gasteiger partial charge < -0.3 is 9.90 Å². The number of hydrogen-bond donors (Lipinski definition) is 1. The van der Waals surface area contributed by atoms with Gasteiger partial charge in [0.05, 0.1) is 5.76 Å². The van der Waals surface area contributed by atoms with Gasteiger partial charge in [-0.25, -0.2) is 0 Å². The molecular formula is C7H8O3. The normalized spacial score (nSPS) is 25.8. The minimum atomic E-state index is -0.308. The molecule has 0 saturated heterocycles. The molecule has 0 aromatic rings. The Kier molecular flexibility index (Phi) is 1.85. The smallest absolute Gasteiger partial charge is 0.159 e. The van der Waals surface area contributed by atoms with E-state index in [4.69, 9.17) is 5.11 Å². The minimum absolute atomic E-state index is 0.0216. The zero-order valence-corrected chi connectivity index (χ0v) is 5.41. The fraction of sp³-hybridized carbons (Fsp3) is 0.429. The molecule has 0 saturated carbocycles. The van der Waals surface area contributed by atoms with Crippen molar-refractivity contribution in [2.45, 2.75) is 12.8 Å². The Bertz CT molecular complexity index is 193. The van der Waals surface area contributed by atoms with Crippen LogP contribution in [0.5, 0.6) is 0 Å². The van der Waals surface area contributed by atoms with E-state index in [2.05, 4.69) is 0 Å². The second-order valence-corrected chi connectivity index (χ2v) is 2.41. The van der Waals surface area contributed by atoms with Crippen LogP contribution in [0, 0.1) is 5.92 Å². The molecule has 1 N–H and O–H groups in total. The summed E-state index contributed by atoms with van der Waals surface area (Å²) in [5.74, 6) is -0.452. The Morgan fingerprint density at radius 2 is 2.30 bits per heavy atom. The maximum atomic E-state index is 10.6. The molecule has 10 heavy (non-hydrogen) atoms. The summed E-state index contributed by atoms with van der Waals surface area (Å²) in [7, 11) is 0. The predicted octanol–water partition coefficient (Wildman–Crippen LogP) is 0.606. The van der Waals surface area contributed by atoms with Crippen LogP contribution in [0.25, 0.3) is 0 Å². The topological polar surface area (TPSA) is 54.4 Å². The van der Waals surface area contributed by atoms with Crippen LogP contribution >= 0.6 is 0 Å². The molecule has 1 aliphatic carbocycles. The van der Waals surface area contributed by atoms with Crippen molar-refractivity contribution >= 4 is 12.1 Å². The molecule has 0 amide bonds. The number of aldehydes is 1. The Morgan fingerprint density at radius 3 is 2.80 bits per heavy atom. The maximum absolute atomic E-state index is 10.6. The number of aliphatic hydroxyl groups excluding tert-OH is 1. The summed E-state index contributed by atoms with van der Waals surface area (Å²) < 4.78 is 0. The molecule has 1 aliphatic rings. The summed E-state index contributed by atoms with van der Waals surface area (Å²) >= 11 is 0.